The summed E-state index contributed by atoms with van der Waals surface area (Å²) in [4.78, 5) is 24.3. The van der Waals surface area contributed by atoms with E-state index in [9.17, 15) is 9.59 Å². The molecule has 1 aliphatic rings. The predicted octanol–water partition coefficient (Wildman–Crippen LogP) is 2.52. The molecule has 2 rings (SSSR count). The highest BCUT2D eigenvalue weighted by atomic mass is 35.5. The molecule has 6 heteroatoms. The van der Waals surface area contributed by atoms with E-state index >= 15 is 0 Å². The third-order valence-electron chi connectivity index (χ3n) is 3.85. The van der Waals surface area contributed by atoms with Gasteiger partial charge in [0.1, 0.15) is 0 Å². The van der Waals surface area contributed by atoms with Crippen molar-refractivity contribution in [2.24, 2.45) is 11.7 Å². The van der Waals surface area contributed by atoms with Gasteiger partial charge in [-0.2, -0.15) is 0 Å². The lowest BCUT2D eigenvalue weighted by Gasteiger charge is -2.35. The number of carboxylic acid groups (broad SMARTS) is 1. The second-order valence-electron chi connectivity index (χ2n) is 5.41. The Kier molecular flexibility index (Phi) is 5.07. The maximum atomic E-state index is 11.5. The Morgan fingerprint density at radius 2 is 2.19 bits per heavy atom. The number of hydrogen-bond donors (Lipinski definition) is 2. The van der Waals surface area contributed by atoms with E-state index in [2.05, 4.69) is 4.90 Å². The number of nitrogens with zero attached hydrogens (tertiary/aromatic N) is 1. The fourth-order valence-electron chi connectivity index (χ4n) is 2.82. The summed E-state index contributed by atoms with van der Waals surface area (Å²) in [7, 11) is 0. The van der Waals surface area contributed by atoms with Gasteiger partial charge in [-0.3, -0.25) is 9.59 Å². The Bertz CT molecular complexity index is 548. The summed E-state index contributed by atoms with van der Waals surface area (Å²) in [6.07, 6.45) is 2.81. The molecule has 1 heterocycles. The van der Waals surface area contributed by atoms with Crippen LogP contribution in [0.5, 0.6) is 0 Å². The fraction of sp³-hybridized carbons (Fsp3) is 0.467. The minimum atomic E-state index is -0.771. The van der Waals surface area contributed by atoms with Crippen LogP contribution in [0.1, 0.15) is 36.0 Å². The Morgan fingerprint density at radius 3 is 2.86 bits per heavy atom. The van der Waals surface area contributed by atoms with Crippen LogP contribution in [0.2, 0.25) is 5.02 Å². The molecule has 1 aromatic rings. The van der Waals surface area contributed by atoms with Gasteiger partial charge in [-0.15, -0.1) is 0 Å². The first-order chi connectivity index (χ1) is 9.97. The Hall–Kier alpha value is -1.75. The number of hydrogen-bond acceptors (Lipinski definition) is 3. The molecule has 1 unspecified atom stereocenters. The largest absolute Gasteiger partial charge is 0.481 e. The van der Waals surface area contributed by atoms with E-state index in [4.69, 9.17) is 22.4 Å². The zero-order valence-corrected chi connectivity index (χ0v) is 12.5. The second-order valence-corrected chi connectivity index (χ2v) is 5.85. The Morgan fingerprint density at radius 1 is 1.43 bits per heavy atom. The lowest BCUT2D eigenvalue weighted by Crippen LogP contribution is -2.37. The van der Waals surface area contributed by atoms with Crippen LogP contribution in [0.25, 0.3) is 0 Å². The Balaban J connectivity index is 2.15. The first-order valence-corrected chi connectivity index (χ1v) is 7.41. The van der Waals surface area contributed by atoms with Gasteiger partial charge in [-0.1, -0.05) is 11.6 Å². The van der Waals surface area contributed by atoms with Gasteiger partial charge in [0.2, 0.25) is 0 Å². The van der Waals surface area contributed by atoms with E-state index in [1.165, 1.54) is 0 Å². The number of benzene rings is 1. The highest BCUT2D eigenvalue weighted by Gasteiger charge is 2.23. The van der Waals surface area contributed by atoms with Crippen molar-refractivity contribution >= 4 is 29.2 Å². The SMILES string of the molecule is NC(=O)c1ccc(Cl)cc1N1CCCC(CCC(=O)O)C1. The summed E-state index contributed by atoms with van der Waals surface area (Å²) in [5.74, 6) is -0.934. The smallest absolute Gasteiger partial charge is 0.303 e. The van der Waals surface area contributed by atoms with Gasteiger partial charge in [0, 0.05) is 24.5 Å². The lowest BCUT2D eigenvalue weighted by molar-refractivity contribution is -0.137. The van der Waals surface area contributed by atoms with E-state index in [-0.39, 0.29) is 6.42 Å². The van der Waals surface area contributed by atoms with Crippen LogP contribution < -0.4 is 10.6 Å². The number of aliphatic carboxylic acids is 1. The number of rotatable bonds is 5. The molecule has 1 saturated heterocycles. The molecule has 3 N–H and O–H groups in total. The fourth-order valence-corrected chi connectivity index (χ4v) is 2.99. The number of amides is 1. The van der Waals surface area contributed by atoms with E-state index in [1.807, 2.05) is 0 Å². The number of piperidine rings is 1. The van der Waals surface area contributed by atoms with Gasteiger partial charge in [0.05, 0.1) is 11.3 Å². The van der Waals surface area contributed by atoms with Crippen molar-refractivity contribution in [2.75, 3.05) is 18.0 Å². The predicted molar refractivity (Wildman–Crippen MR) is 81.8 cm³/mol. The van der Waals surface area contributed by atoms with Gasteiger partial charge in [0.15, 0.2) is 0 Å². The quantitative estimate of drug-likeness (QED) is 0.875. The van der Waals surface area contributed by atoms with Crippen LogP contribution in [0.3, 0.4) is 0 Å². The summed E-state index contributed by atoms with van der Waals surface area (Å²) in [5, 5.41) is 9.35. The number of nitrogens with two attached hydrogens (primary N) is 1. The summed E-state index contributed by atoms with van der Waals surface area (Å²) >= 11 is 6.02. The third-order valence-corrected chi connectivity index (χ3v) is 4.09. The first kappa shape index (κ1) is 15.6. The normalized spacial score (nSPS) is 18.5. The van der Waals surface area contributed by atoms with Gasteiger partial charge >= 0.3 is 5.97 Å². The maximum absolute atomic E-state index is 11.5. The first-order valence-electron chi connectivity index (χ1n) is 7.03. The number of anilines is 1. The lowest BCUT2D eigenvalue weighted by atomic mass is 9.92. The van der Waals surface area contributed by atoms with Gasteiger partial charge < -0.3 is 15.7 Å². The van der Waals surface area contributed by atoms with Crippen LogP contribution >= 0.6 is 11.6 Å². The highest BCUT2D eigenvalue weighted by molar-refractivity contribution is 6.31. The van der Waals surface area contributed by atoms with E-state index in [0.717, 1.165) is 31.6 Å². The van der Waals surface area contributed by atoms with Crippen molar-refractivity contribution in [1.82, 2.24) is 0 Å². The Labute approximate surface area is 128 Å². The number of primary amides is 1. The molecule has 0 aromatic heterocycles. The van der Waals surface area contributed by atoms with Crippen molar-refractivity contribution in [2.45, 2.75) is 25.7 Å². The minimum Gasteiger partial charge on any atom is -0.481 e. The van der Waals surface area contributed by atoms with Crippen LogP contribution in [0.4, 0.5) is 5.69 Å². The highest BCUT2D eigenvalue weighted by Crippen LogP contribution is 2.30. The molecule has 0 aliphatic carbocycles. The molecule has 1 fully saturated rings. The van der Waals surface area contributed by atoms with Crippen molar-refractivity contribution < 1.29 is 14.7 Å². The van der Waals surface area contributed by atoms with Gasteiger partial charge in [-0.25, -0.2) is 0 Å². The second kappa shape index (κ2) is 6.80. The monoisotopic (exact) mass is 310 g/mol. The molecule has 0 radical (unpaired) electrons. The molecular formula is C15H19ClN2O3. The van der Waals surface area contributed by atoms with Crippen molar-refractivity contribution in [3.8, 4) is 0 Å². The summed E-state index contributed by atoms with van der Waals surface area (Å²) in [6.45, 7) is 1.55. The summed E-state index contributed by atoms with van der Waals surface area (Å²) in [5.41, 5.74) is 6.62. The van der Waals surface area contributed by atoms with Crippen LogP contribution in [-0.2, 0) is 4.79 Å². The van der Waals surface area contributed by atoms with E-state index < -0.39 is 11.9 Å². The van der Waals surface area contributed by atoms with E-state index in [1.54, 1.807) is 18.2 Å². The molecule has 0 spiro atoms. The zero-order valence-electron chi connectivity index (χ0n) is 11.7. The molecule has 1 aliphatic heterocycles. The average molecular weight is 311 g/mol. The van der Waals surface area contributed by atoms with Gasteiger partial charge in [0.25, 0.3) is 5.91 Å². The van der Waals surface area contributed by atoms with Crippen molar-refractivity contribution in [3.05, 3.63) is 28.8 Å². The number of halogens is 1. The van der Waals surface area contributed by atoms with Crippen LogP contribution in [0.15, 0.2) is 18.2 Å². The molecular weight excluding hydrogens is 292 g/mol. The topological polar surface area (TPSA) is 83.6 Å². The third kappa shape index (κ3) is 4.11. The summed E-state index contributed by atoms with van der Waals surface area (Å²) in [6, 6.07) is 5.04. The van der Waals surface area contributed by atoms with Crippen molar-refractivity contribution in [3.63, 3.8) is 0 Å². The molecule has 1 atom stereocenters. The summed E-state index contributed by atoms with van der Waals surface area (Å²) < 4.78 is 0. The molecule has 1 aromatic carbocycles. The molecule has 0 bridgehead atoms. The maximum Gasteiger partial charge on any atom is 0.303 e. The molecule has 0 saturated carbocycles. The van der Waals surface area contributed by atoms with Gasteiger partial charge in [-0.05, 0) is 43.4 Å². The number of carbonyl (C=O) groups is 2. The molecule has 114 valence electrons. The minimum absolute atomic E-state index is 0.177. The standard InChI is InChI=1S/C15H19ClN2O3/c16-11-4-5-12(15(17)21)13(8-11)18-7-1-2-10(9-18)3-6-14(19)20/h4-5,8,10H,1-3,6-7,9H2,(H2,17,21)(H,19,20). The molecule has 1 amide bonds. The number of carboxylic acids is 1. The van der Waals surface area contributed by atoms with E-state index in [0.29, 0.717) is 22.9 Å². The number of carbonyl (C=O) groups excluding carboxylic acids is 1. The van der Waals surface area contributed by atoms with Crippen molar-refractivity contribution in [1.29, 1.82) is 0 Å². The molecule has 21 heavy (non-hydrogen) atoms. The van der Waals surface area contributed by atoms with Crippen LogP contribution in [-0.4, -0.2) is 30.1 Å². The van der Waals surface area contributed by atoms with Crippen LogP contribution in [0, 0.1) is 5.92 Å². The molecule has 5 nitrogen and oxygen atoms in total. The zero-order chi connectivity index (χ0) is 15.4. The average Bonchev–Trinajstić information content (AvgIpc) is 2.45.